The Bertz CT molecular complexity index is 562. The summed E-state index contributed by atoms with van der Waals surface area (Å²) in [6.45, 7) is 3.82. The van der Waals surface area contributed by atoms with Crippen molar-refractivity contribution in [2.24, 2.45) is 5.73 Å². The molecule has 1 aromatic heterocycles. The maximum atomic E-state index is 5.96. The molecule has 0 aliphatic carbocycles. The molecular weight excluding hydrogens is 269 g/mol. The van der Waals surface area contributed by atoms with Crippen LogP contribution in [0.4, 0.5) is 0 Å². The van der Waals surface area contributed by atoms with E-state index in [0.29, 0.717) is 15.9 Å². The number of benzene rings is 1. The van der Waals surface area contributed by atoms with Gasteiger partial charge in [0.25, 0.3) is 0 Å². The van der Waals surface area contributed by atoms with Crippen LogP contribution in [-0.4, -0.2) is 9.97 Å². The van der Waals surface area contributed by atoms with Crippen molar-refractivity contribution in [2.45, 2.75) is 19.9 Å². The Hall–Kier alpha value is -1.16. The van der Waals surface area contributed by atoms with Gasteiger partial charge in [-0.15, -0.1) is 0 Å². The van der Waals surface area contributed by atoms with Crippen LogP contribution in [0.1, 0.15) is 24.2 Å². The molecule has 1 heterocycles. The molecule has 2 N–H and O–H groups in total. The fraction of sp³-hybridized carbons (Fsp3) is 0.231. The highest BCUT2D eigenvalue weighted by molar-refractivity contribution is 6.35. The molecule has 0 aliphatic rings. The summed E-state index contributed by atoms with van der Waals surface area (Å²) < 4.78 is 0. The van der Waals surface area contributed by atoms with E-state index in [4.69, 9.17) is 28.9 Å². The van der Waals surface area contributed by atoms with Gasteiger partial charge in [-0.25, -0.2) is 9.97 Å². The minimum atomic E-state index is -0.0815. The van der Waals surface area contributed by atoms with E-state index in [-0.39, 0.29) is 6.04 Å². The lowest BCUT2D eigenvalue weighted by Crippen LogP contribution is -2.09. The number of hydrogen-bond acceptors (Lipinski definition) is 3. The van der Waals surface area contributed by atoms with Crippen molar-refractivity contribution in [3.05, 3.63) is 45.7 Å². The molecule has 3 nitrogen and oxygen atoms in total. The van der Waals surface area contributed by atoms with Crippen molar-refractivity contribution >= 4 is 23.2 Å². The molecule has 0 bridgehead atoms. The van der Waals surface area contributed by atoms with Crippen LogP contribution >= 0.6 is 23.2 Å². The summed E-state index contributed by atoms with van der Waals surface area (Å²) in [6, 6.07) is 5.17. The molecule has 2 rings (SSSR count). The van der Waals surface area contributed by atoms with Gasteiger partial charge >= 0.3 is 0 Å². The van der Waals surface area contributed by atoms with E-state index >= 15 is 0 Å². The van der Waals surface area contributed by atoms with Crippen molar-refractivity contribution in [2.75, 3.05) is 0 Å². The van der Waals surface area contributed by atoms with Crippen LogP contribution in [0.25, 0.3) is 11.4 Å². The Labute approximate surface area is 116 Å². The van der Waals surface area contributed by atoms with Gasteiger partial charge in [0.2, 0.25) is 0 Å². The number of halogens is 2. The molecule has 94 valence electrons. The molecule has 5 heteroatoms. The van der Waals surface area contributed by atoms with E-state index in [1.54, 1.807) is 24.4 Å². The first-order valence-corrected chi connectivity index (χ1v) is 6.28. The lowest BCUT2D eigenvalue weighted by Gasteiger charge is -2.10. The molecule has 0 spiro atoms. The fourth-order valence-electron chi connectivity index (χ4n) is 1.75. The third-order valence-electron chi connectivity index (χ3n) is 2.63. The highest BCUT2D eigenvalue weighted by Gasteiger charge is 2.09. The van der Waals surface area contributed by atoms with Gasteiger partial charge in [0.05, 0.1) is 0 Å². The predicted octanol–water partition coefficient (Wildman–Crippen LogP) is 3.78. The molecule has 0 saturated carbocycles. The SMILES string of the molecule is Cc1nc(-c2cc(Cl)cc(Cl)c2)ncc1[C@@H](C)N. The summed E-state index contributed by atoms with van der Waals surface area (Å²) in [5.74, 6) is 0.598. The van der Waals surface area contributed by atoms with Crippen molar-refractivity contribution in [1.82, 2.24) is 9.97 Å². The van der Waals surface area contributed by atoms with Gasteiger partial charge in [-0.05, 0) is 32.0 Å². The summed E-state index contributed by atoms with van der Waals surface area (Å²) in [5.41, 5.74) is 8.43. The number of aryl methyl sites for hydroxylation is 1. The van der Waals surface area contributed by atoms with Gasteiger partial charge < -0.3 is 5.73 Å². The first kappa shape index (κ1) is 13.3. The predicted molar refractivity (Wildman–Crippen MR) is 74.8 cm³/mol. The number of rotatable bonds is 2. The Morgan fingerprint density at radius 3 is 2.28 bits per heavy atom. The van der Waals surface area contributed by atoms with E-state index in [2.05, 4.69) is 9.97 Å². The number of nitrogens with zero attached hydrogens (tertiary/aromatic N) is 2. The van der Waals surface area contributed by atoms with Gasteiger partial charge in [-0.3, -0.25) is 0 Å². The zero-order valence-corrected chi connectivity index (χ0v) is 11.6. The number of hydrogen-bond donors (Lipinski definition) is 1. The van der Waals surface area contributed by atoms with Gasteiger partial charge in [-0.1, -0.05) is 23.2 Å². The quantitative estimate of drug-likeness (QED) is 0.912. The Balaban J connectivity index is 2.48. The summed E-state index contributed by atoms with van der Waals surface area (Å²) >= 11 is 11.9. The molecule has 2 aromatic rings. The van der Waals surface area contributed by atoms with Crippen LogP contribution in [0.15, 0.2) is 24.4 Å². The number of nitrogens with two attached hydrogens (primary N) is 1. The minimum Gasteiger partial charge on any atom is -0.324 e. The Morgan fingerprint density at radius 1 is 1.17 bits per heavy atom. The smallest absolute Gasteiger partial charge is 0.159 e. The fourth-order valence-corrected chi connectivity index (χ4v) is 2.27. The second kappa shape index (κ2) is 5.22. The first-order valence-electron chi connectivity index (χ1n) is 5.53. The molecule has 0 radical (unpaired) electrons. The van der Waals surface area contributed by atoms with Crippen LogP contribution in [-0.2, 0) is 0 Å². The third kappa shape index (κ3) is 2.80. The van der Waals surface area contributed by atoms with Crippen LogP contribution in [0.3, 0.4) is 0 Å². The average Bonchev–Trinajstić information content (AvgIpc) is 2.26. The van der Waals surface area contributed by atoms with E-state index in [1.165, 1.54) is 0 Å². The van der Waals surface area contributed by atoms with Crippen molar-refractivity contribution in [3.8, 4) is 11.4 Å². The monoisotopic (exact) mass is 281 g/mol. The normalized spacial score (nSPS) is 12.5. The van der Waals surface area contributed by atoms with Crippen molar-refractivity contribution < 1.29 is 0 Å². The summed E-state index contributed by atoms with van der Waals surface area (Å²) in [6.07, 6.45) is 1.75. The van der Waals surface area contributed by atoms with Crippen LogP contribution in [0.2, 0.25) is 10.0 Å². The maximum Gasteiger partial charge on any atom is 0.159 e. The average molecular weight is 282 g/mol. The molecular formula is C13H13Cl2N3. The molecule has 0 unspecified atom stereocenters. The lowest BCUT2D eigenvalue weighted by molar-refractivity contribution is 0.790. The zero-order valence-electron chi connectivity index (χ0n) is 10.1. The van der Waals surface area contributed by atoms with Crippen molar-refractivity contribution in [3.63, 3.8) is 0 Å². The highest BCUT2D eigenvalue weighted by Crippen LogP contribution is 2.25. The van der Waals surface area contributed by atoms with E-state index < -0.39 is 0 Å². The van der Waals surface area contributed by atoms with E-state index in [1.807, 2.05) is 13.8 Å². The molecule has 0 fully saturated rings. The van der Waals surface area contributed by atoms with E-state index in [9.17, 15) is 0 Å². The summed E-state index contributed by atoms with van der Waals surface area (Å²) in [4.78, 5) is 8.74. The topological polar surface area (TPSA) is 51.8 Å². The van der Waals surface area contributed by atoms with Crippen LogP contribution < -0.4 is 5.73 Å². The molecule has 1 atom stereocenters. The lowest BCUT2D eigenvalue weighted by atomic mass is 10.1. The van der Waals surface area contributed by atoms with Gasteiger partial charge in [0.1, 0.15) is 0 Å². The second-order valence-corrected chi connectivity index (χ2v) is 5.05. The van der Waals surface area contributed by atoms with Crippen molar-refractivity contribution in [1.29, 1.82) is 0 Å². The van der Waals surface area contributed by atoms with Crippen LogP contribution in [0.5, 0.6) is 0 Å². The second-order valence-electron chi connectivity index (χ2n) is 4.18. The summed E-state index contributed by atoms with van der Waals surface area (Å²) in [5, 5.41) is 1.13. The minimum absolute atomic E-state index is 0.0815. The highest BCUT2D eigenvalue weighted by atomic mass is 35.5. The largest absolute Gasteiger partial charge is 0.324 e. The van der Waals surface area contributed by atoms with E-state index in [0.717, 1.165) is 16.8 Å². The van der Waals surface area contributed by atoms with Crippen LogP contribution in [0, 0.1) is 6.92 Å². The summed E-state index contributed by atoms with van der Waals surface area (Å²) in [7, 11) is 0. The molecule has 0 saturated heterocycles. The molecule has 0 aliphatic heterocycles. The van der Waals surface area contributed by atoms with Gasteiger partial charge in [-0.2, -0.15) is 0 Å². The standard InChI is InChI=1S/C13H13Cl2N3/c1-7(16)12-6-17-13(18-8(12)2)9-3-10(14)5-11(15)4-9/h3-7H,16H2,1-2H3/t7-/m1/s1. The van der Waals surface area contributed by atoms with Gasteiger partial charge in [0.15, 0.2) is 5.82 Å². The molecule has 0 amide bonds. The maximum absolute atomic E-state index is 5.96. The third-order valence-corrected chi connectivity index (χ3v) is 3.07. The first-order chi connectivity index (χ1) is 8.47. The Morgan fingerprint density at radius 2 is 1.78 bits per heavy atom. The molecule has 18 heavy (non-hydrogen) atoms. The number of aromatic nitrogens is 2. The zero-order chi connectivity index (χ0) is 13.3. The van der Waals surface area contributed by atoms with Gasteiger partial charge in [0, 0.05) is 39.1 Å². The molecule has 1 aromatic carbocycles. The Kier molecular flexibility index (Phi) is 3.85.